The Bertz CT molecular complexity index is 366. The monoisotopic (exact) mass is 264 g/mol. The zero-order valence-corrected chi connectivity index (χ0v) is 12.8. The molecule has 0 heterocycles. The van der Waals surface area contributed by atoms with Gasteiger partial charge in [0.1, 0.15) is 0 Å². The molecule has 3 heteroatoms. The van der Waals surface area contributed by atoms with Crippen LogP contribution in [0.1, 0.15) is 23.1 Å². The van der Waals surface area contributed by atoms with Crippen LogP contribution in [-0.2, 0) is 11.3 Å². The first-order valence-electron chi connectivity index (χ1n) is 7.08. The fourth-order valence-corrected chi connectivity index (χ4v) is 1.98. The number of hydrogen-bond donors (Lipinski definition) is 1. The van der Waals surface area contributed by atoms with Gasteiger partial charge in [0.25, 0.3) is 0 Å². The molecule has 1 aromatic rings. The zero-order chi connectivity index (χ0) is 14.1. The van der Waals surface area contributed by atoms with Gasteiger partial charge in [-0.3, -0.25) is 0 Å². The van der Waals surface area contributed by atoms with E-state index >= 15 is 0 Å². The normalized spacial score (nSPS) is 11.2. The third-order valence-electron chi connectivity index (χ3n) is 3.47. The topological polar surface area (TPSA) is 24.5 Å². The molecule has 0 bridgehead atoms. The van der Waals surface area contributed by atoms with Crippen molar-refractivity contribution in [3.05, 3.63) is 34.9 Å². The largest absolute Gasteiger partial charge is 0.383 e. The van der Waals surface area contributed by atoms with Gasteiger partial charge >= 0.3 is 0 Å². The van der Waals surface area contributed by atoms with Crippen LogP contribution in [0, 0.1) is 13.8 Å². The van der Waals surface area contributed by atoms with Gasteiger partial charge in [-0.05, 0) is 57.1 Å². The zero-order valence-electron chi connectivity index (χ0n) is 12.8. The van der Waals surface area contributed by atoms with E-state index in [9.17, 15) is 0 Å². The Morgan fingerprint density at radius 3 is 2.63 bits per heavy atom. The summed E-state index contributed by atoms with van der Waals surface area (Å²) in [7, 11) is 3.89. The molecule has 0 aliphatic heterocycles. The van der Waals surface area contributed by atoms with E-state index in [4.69, 9.17) is 4.74 Å². The Labute approximate surface area is 118 Å². The summed E-state index contributed by atoms with van der Waals surface area (Å²) in [5.74, 6) is 0. The van der Waals surface area contributed by atoms with Gasteiger partial charge in [-0.25, -0.2) is 0 Å². The molecule has 0 radical (unpaired) electrons. The Kier molecular flexibility index (Phi) is 7.72. The third kappa shape index (κ3) is 6.71. The standard InChI is InChI=1S/C16H28N2O/c1-14-6-7-16(12-15(14)2)13-17-8-5-9-18(3)10-11-19-4/h6-7,12,17H,5,8-11,13H2,1-4H3. The predicted octanol–water partition coefficient (Wildman–Crippen LogP) is 2.36. The van der Waals surface area contributed by atoms with Crippen molar-refractivity contribution in [2.45, 2.75) is 26.8 Å². The minimum absolute atomic E-state index is 0.812. The van der Waals surface area contributed by atoms with Gasteiger partial charge in [-0.1, -0.05) is 18.2 Å². The molecule has 0 saturated heterocycles. The number of aryl methyl sites for hydroxylation is 2. The summed E-state index contributed by atoms with van der Waals surface area (Å²) in [5.41, 5.74) is 4.11. The smallest absolute Gasteiger partial charge is 0.0589 e. The second-order valence-corrected chi connectivity index (χ2v) is 5.25. The number of hydrogen-bond acceptors (Lipinski definition) is 3. The van der Waals surface area contributed by atoms with E-state index < -0.39 is 0 Å². The van der Waals surface area contributed by atoms with Gasteiger partial charge in [0.05, 0.1) is 6.61 Å². The highest BCUT2D eigenvalue weighted by atomic mass is 16.5. The van der Waals surface area contributed by atoms with E-state index in [-0.39, 0.29) is 0 Å². The fourth-order valence-electron chi connectivity index (χ4n) is 1.98. The highest BCUT2D eigenvalue weighted by Gasteiger charge is 1.98. The minimum Gasteiger partial charge on any atom is -0.383 e. The number of benzene rings is 1. The van der Waals surface area contributed by atoms with Crippen molar-refractivity contribution in [1.82, 2.24) is 10.2 Å². The molecule has 19 heavy (non-hydrogen) atoms. The molecule has 0 amide bonds. The van der Waals surface area contributed by atoms with Crippen molar-refractivity contribution in [3.8, 4) is 0 Å². The lowest BCUT2D eigenvalue weighted by Gasteiger charge is -2.16. The average Bonchev–Trinajstić information content (AvgIpc) is 2.40. The average molecular weight is 264 g/mol. The Morgan fingerprint density at radius 2 is 1.95 bits per heavy atom. The molecule has 1 N–H and O–H groups in total. The summed E-state index contributed by atoms with van der Waals surface area (Å²) in [6.45, 7) is 9.28. The van der Waals surface area contributed by atoms with Gasteiger partial charge < -0.3 is 15.0 Å². The van der Waals surface area contributed by atoms with Gasteiger partial charge in [0, 0.05) is 20.2 Å². The molecule has 0 atom stereocenters. The summed E-state index contributed by atoms with van der Waals surface area (Å²) in [6.07, 6.45) is 1.17. The maximum Gasteiger partial charge on any atom is 0.0589 e. The third-order valence-corrected chi connectivity index (χ3v) is 3.47. The summed E-state index contributed by atoms with van der Waals surface area (Å²) in [4.78, 5) is 2.31. The van der Waals surface area contributed by atoms with Crippen molar-refractivity contribution in [3.63, 3.8) is 0 Å². The second kappa shape index (κ2) is 9.08. The molecule has 0 aliphatic rings. The predicted molar refractivity (Wildman–Crippen MR) is 81.6 cm³/mol. The quantitative estimate of drug-likeness (QED) is 0.693. The van der Waals surface area contributed by atoms with E-state index in [0.29, 0.717) is 0 Å². The van der Waals surface area contributed by atoms with E-state index in [1.807, 2.05) is 0 Å². The molecule has 0 unspecified atom stereocenters. The minimum atomic E-state index is 0.812. The fraction of sp³-hybridized carbons (Fsp3) is 0.625. The van der Waals surface area contributed by atoms with E-state index in [1.165, 1.54) is 23.1 Å². The highest BCUT2D eigenvalue weighted by molar-refractivity contribution is 5.29. The van der Waals surface area contributed by atoms with Crippen molar-refractivity contribution in [1.29, 1.82) is 0 Å². The number of rotatable bonds is 9. The van der Waals surface area contributed by atoms with Crippen LogP contribution in [0.15, 0.2) is 18.2 Å². The molecular weight excluding hydrogens is 236 g/mol. The summed E-state index contributed by atoms with van der Waals surface area (Å²) < 4.78 is 5.06. The SMILES string of the molecule is COCCN(C)CCCNCc1ccc(C)c(C)c1. The molecule has 0 spiro atoms. The number of likely N-dealkylation sites (N-methyl/N-ethyl adjacent to an activating group) is 1. The maximum atomic E-state index is 5.06. The second-order valence-electron chi connectivity index (χ2n) is 5.25. The first kappa shape index (κ1) is 16.2. The van der Waals surface area contributed by atoms with Crippen LogP contribution in [0.25, 0.3) is 0 Å². The van der Waals surface area contributed by atoms with Crippen molar-refractivity contribution in [2.24, 2.45) is 0 Å². The Balaban J connectivity index is 2.12. The van der Waals surface area contributed by atoms with E-state index in [0.717, 1.165) is 32.8 Å². The molecule has 1 aromatic carbocycles. The van der Waals surface area contributed by atoms with Crippen LogP contribution in [0.4, 0.5) is 0 Å². The molecule has 0 aliphatic carbocycles. The van der Waals surface area contributed by atoms with Crippen LogP contribution in [-0.4, -0.2) is 45.3 Å². The molecule has 0 fully saturated rings. The molecule has 0 saturated carbocycles. The van der Waals surface area contributed by atoms with Gasteiger partial charge in [0.2, 0.25) is 0 Å². The molecule has 3 nitrogen and oxygen atoms in total. The first-order valence-corrected chi connectivity index (χ1v) is 7.08. The van der Waals surface area contributed by atoms with E-state index in [1.54, 1.807) is 7.11 Å². The van der Waals surface area contributed by atoms with Crippen LogP contribution in [0.2, 0.25) is 0 Å². The Morgan fingerprint density at radius 1 is 1.16 bits per heavy atom. The first-order chi connectivity index (χ1) is 9.13. The molecular formula is C16H28N2O. The van der Waals surface area contributed by atoms with Crippen LogP contribution in [0.5, 0.6) is 0 Å². The number of ether oxygens (including phenoxy) is 1. The van der Waals surface area contributed by atoms with Gasteiger partial charge in [-0.15, -0.1) is 0 Å². The highest BCUT2D eigenvalue weighted by Crippen LogP contribution is 2.09. The summed E-state index contributed by atoms with van der Waals surface area (Å²) >= 11 is 0. The lowest BCUT2D eigenvalue weighted by Crippen LogP contribution is -2.26. The summed E-state index contributed by atoms with van der Waals surface area (Å²) in [6, 6.07) is 6.68. The van der Waals surface area contributed by atoms with Crippen LogP contribution in [0.3, 0.4) is 0 Å². The van der Waals surface area contributed by atoms with Crippen molar-refractivity contribution >= 4 is 0 Å². The van der Waals surface area contributed by atoms with Crippen molar-refractivity contribution < 1.29 is 4.74 Å². The van der Waals surface area contributed by atoms with Gasteiger partial charge in [0.15, 0.2) is 0 Å². The maximum absolute atomic E-state index is 5.06. The number of nitrogens with zero attached hydrogens (tertiary/aromatic N) is 1. The lowest BCUT2D eigenvalue weighted by molar-refractivity contribution is 0.160. The Hall–Kier alpha value is -0.900. The lowest BCUT2D eigenvalue weighted by atomic mass is 10.1. The summed E-state index contributed by atoms with van der Waals surface area (Å²) in [5, 5.41) is 3.50. The number of methoxy groups -OCH3 is 1. The van der Waals surface area contributed by atoms with Gasteiger partial charge in [-0.2, -0.15) is 0 Å². The number of nitrogens with one attached hydrogen (secondary N) is 1. The van der Waals surface area contributed by atoms with Crippen molar-refractivity contribution in [2.75, 3.05) is 40.4 Å². The van der Waals surface area contributed by atoms with E-state index in [2.05, 4.69) is 49.3 Å². The molecule has 108 valence electrons. The van der Waals surface area contributed by atoms with Crippen LogP contribution < -0.4 is 5.32 Å². The van der Waals surface area contributed by atoms with Crippen LogP contribution >= 0.6 is 0 Å². The molecule has 0 aromatic heterocycles. The molecule has 1 rings (SSSR count).